The number of hydrogen-bond acceptors (Lipinski definition) is 3. The number of hydrogen-bond donors (Lipinski definition) is 1. The van der Waals surface area contributed by atoms with Gasteiger partial charge < -0.3 is 4.57 Å². The molecule has 4 heteroatoms. The molecule has 0 fully saturated rings. The van der Waals surface area contributed by atoms with Gasteiger partial charge in [-0.15, -0.1) is 10.2 Å². The van der Waals surface area contributed by atoms with Crippen LogP contribution < -0.4 is 5.32 Å². The van der Waals surface area contributed by atoms with Crippen molar-refractivity contribution in [1.82, 2.24) is 20.1 Å². The number of fused-ring (bicyclic) bond motifs is 1. The van der Waals surface area contributed by atoms with E-state index in [9.17, 15) is 0 Å². The third kappa shape index (κ3) is 0.712. The molecule has 2 heterocycles. The maximum atomic E-state index is 3.80. The second kappa shape index (κ2) is 1.80. The van der Waals surface area contributed by atoms with Gasteiger partial charge in [0.15, 0.2) is 5.82 Å². The van der Waals surface area contributed by atoms with Crippen LogP contribution in [0.1, 0.15) is 5.82 Å². The van der Waals surface area contributed by atoms with Crippen molar-refractivity contribution in [3.05, 3.63) is 18.7 Å². The molecule has 0 bridgehead atoms. The highest BCUT2D eigenvalue weighted by molar-refractivity contribution is 5.01. The molecular formula is C5H6N4. The maximum absolute atomic E-state index is 3.80. The van der Waals surface area contributed by atoms with E-state index in [0.29, 0.717) is 0 Å². The third-order valence-corrected chi connectivity index (χ3v) is 1.29. The van der Waals surface area contributed by atoms with Gasteiger partial charge in [0.1, 0.15) is 12.9 Å². The predicted octanol–water partition coefficient (Wildman–Crippen LogP) is -0.732. The molecule has 1 aliphatic heterocycles. The highest BCUT2D eigenvalue weighted by atomic mass is 15.3. The van der Waals surface area contributed by atoms with Gasteiger partial charge >= 0.3 is 0 Å². The third-order valence-electron chi connectivity index (χ3n) is 1.29. The van der Waals surface area contributed by atoms with Gasteiger partial charge in [-0.3, -0.25) is 5.32 Å². The van der Waals surface area contributed by atoms with E-state index in [1.165, 1.54) is 0 Å². The fourth-order valence-electron chi connectivity index (χ4n) is 0.833. The van der Waals surface area contributed by atoms with Crippen LogP contribution in [-0.2, 0) is 6.54 Å². The van der Waals surface area contributed by atoms with E-state index < -0.39 is 0 Å². The smallest absolute Gasteiger partial charge is 0.158 e. The van der Waals surface area contributed by atoms with E-state index in [4.69, 9.17) is 0 Å². The number of nitrogens with zero attached hydrogens (tertiary/aromatic N) is 3. The first-order chi connectivity index (χ1) is 4.47. The van der Waals surface area contributed by atoms with E-state index in [2.05, 4.69) is 22.1 Å². The van der Waals surface area contributed by atoms with Gasteiger partial charge in [-0.05, 0) is 0 Å². The fourth-order valence-corrected chi connectivity index (χ4v) is 0.833. The molecule has 4 nitrogen and oxygen atoms in total. The Kier molecular flexibility index (Phi) is 0.989. The van der Waals surface area contributed by atoms with Crippen LogP contribution in [0.3, 0.4) is 0 Å². The summed E-state index contributed by atoms with van der Waals surface area (Å²) in [5, 5.41) is 10.5. The molecule has 1 aromatic heterocycles. The van der Waals surface area contributed by atoms with E-state index in [0.717, 1.165) is 18.9 Å². The fraction of sp³-hybridized carbons (Fsp3) is 0.400. The highest BCUT2D eigenvalue weighted by Crippen LogP contribution is 1.99. The number of nitrogens with one attached hydrogen (secondary N) is 1. The second-order valence-electron chi connectivity index (χ2n) is 1.90. The Bertz CT molecular complexity index is 184. The largest absolute Gasteiger partial charge is 0.315 e. The standard InChI is InChI=1S/C5H6N4/c1-2-9-4-7-8-5(9)3-6-1/h4,6H,1-2H2. The van der Waals surface area contributed by atoms with Crippen LogP contribution in [0.4, 0.5) is 0 Å². The molecule has 1 aliphatic rings. The summed E-state index contributed by atoms with van der Waals surface area (Å²) in [5.74, 6) is 0.793. The van der Waals surface area contributed by atoms with E-state index >= 15 is 0 Å². The maximum Gasteiger partial charge on any atom is 0.158 e. The van der Waals surface area contributed by atoms with E-state index in [1.807, 2.05) is 4.57 Å². The van der Waals surface area contributed by atoms with E-state index in [-0.39, 0.29) is 0 Å². The van der Waals surface area contributed by atoms with Crippen molar-refractivity contribution in [2.75, 3.05) is 6.54 Å². The first-order valence-corrected chi connectivity index (χ1v) is 2.83. The van der Waals surface area contributed by atoms with Crippen molar-refractivity contribution in [1.29, 1.82) is 0 Å². The van der Waals surface area contributed by atoms with Crippen LogP contribution in [0.2, 0.25) is 0 Å². The lowest BCUT2D eigenvalue weighted by Crippen LogP contribution is -2.25. The molecule has 0 aliphatic carbocycles. The minimum atomic E-state index is 0.793. The van der Waals surface area contributed by atoms with Crippen LogP contribution in [0.5, 0.6) is 0 Å². The molecule has 46 valence electrons. The first-order valence-electron chi connectivity index (χ1n) is 2.83. The van der Waals surface area contributed by atoms with Gasteiger partial charge in [0.25, 0.3) is 0 Å². The lowest BCUT2D eigenvalue weighted by atomic mass is 10.4. The Morgan fingerprint density at radius 1 is 1.78 bits per heavy atom. The molecule has 0 atom stereocenters. The Morgan fingerprint density at radius 2 is 2.78 bits per heavy atom. The van der Waals surface area contributed by atoms with Gasteiger partial charge in [-0.25, -0.2) is 0 Å². The van der Waals surface area contributed by atoms with Crippen LogP contribution >= 0.6 is 0 Å². The lowest BCUT2D eigenvalue weighted by Gasteiger charge is -2.11. The summed E-state index contributed by atoms with van der Waals surface area (Å²) in [4.78, 5) is 0. The average Bonchev–Trinajstić information content (AvgIpc) is 2.33. The summed E-state index contributed by atoms with van der Waals surface area (Å²) in [7, 11) is 0. The van der Waals surface area contributed by atoms with Crippen molar-refractivity contribution in [3.63, 3.8) is 0 Å². The molecule has 0 saturated carbocycles. The summed E-state index contributed by atoms with van der Waals surface area (Å²) in [6.07, 6.45) is 1.71. The zero-order valence-corrected chi connectivity index (χ0v) is 4.83. The van der Waals surface area contributed by atoms with Gasteiger partial charge in [0.2, 0.25) is 0 Å². The molecule has 0 aromatic carbocycles. The molecule has 0 saturated heterocycles. The molecule has 9 heavy (non-hydrogen) atoms. The van der Waals surface area contributed by atoms with Gasteiger partial charge in [-0.2, -0.15) is 0 Å². The van der Waals surface area contributed by atoms with Crippen molar-refractivity contribution in [3.8, 4) is 0 Å². The summed E-state index contributed by atoms with van der Waals surface area (Å²) >= 11 is 0. The molecule has 0 spiro atoms. The monoisotopic (exact) mass is 122 g/mol. The van der Waals surface area contributed by atoms with Crippen LogP contribution in [0, 0.1) is 6.54 Å². The quantitative estimate of drug-likeness (QED) is 0.493. The van der Waals surface area contributed by atoms with Gasteiger partial charge in [0.05, 0.1) is 0 Å². The molecule has 1 aromatic rings. The summed E-state index contributed by atoms with van der Waals surface area (Å²) in [6.45, 7) is 4.74. The number of aromatic nitrogens is 3. The Hall–Kier alpha value is -0.900. The Labute approximate surface area is 52.9 Å². The molecule has 0 amide bonds. The zero-order chi connectivity index (χ0) is 6.10. The molecule has 2 rings (SSSR count). The van der Waals surface area contributed by atoms with Crippen molar-refractivity contribution < 1.29 is 0 Å². The highest BCUT2D eigenvalue weighted by Gasteiger charge is 2.08. The van der Waals surface area contributed by atoms with Crippen LogP contribution in [0.15, 0.2) is 6.33 Å². The van der Waals surface area contributed by atoms with Crippen molar-refractivity contribution in [2.24, 2.45) is 0 Å². The Morgan fingerprint density at radius 3 is 3.67 bits per heavy atom. The predicted molar refractivity (Wildman–Crippen MR) is 30.4 cm³/mol. The topological polar surface area (TPSA) is 42.7 Å². The Balaban J connectivity index is 2.39. The molecule has 0 unspecified atom stereocenters. The molecule has 2 radical (unpaired) electrons. The number of rotatable bonds is 0. The minimum absolute atomic E-state index is 0.793. The average molecular weight is 122 g/mol. The zero-order valence-electron chi connectivity index (χ0n) is 4.83. The van der Waals surface area contributed by atoms with Crippen molar-refractivity contribution in [2.45, 2.75) is 6.54 Å². The summed E-state index contributed by atoms with van der Waals surface area (Å²) in [6, 6.07) is 0. The van der Waals surface area contributed by atoms with Crippen LogP contribution in [-0.4, -0.2) is 21.3 Å². The first kappa shape index (κ1) is 4.93. The van der Waals surface area contributed by atoms with Gasteiger partial charge in [0, 0.05) is 13.1 Å². The summed E-state index contributed by atoms with van der Waals surface area (Å²) < 4.78 is 1.95. The van der Waals surface area contributed by atoms with Crippen molar-refractivity contribution >= 4 is 0 Å². The molecule has 1 N–H and O–H groups in total. The minimum Gasteiger partial charge on any atom is -0.315 e. The molecular weight excluding hydrogens is 116 g/mol. The van der Waals surface area contributed by atoms with E-state index in [1.54, 1.807) is 6.33 Å². The second-order valence-corrected chi connectivity index (χ2v) is 1.90. The SMILES string of the molecule is [C]1NCCn2cnnc21. The normalized spacial score (nSPS) is 17.3. The summed E-state index contributed by atoms with van der Waals surface area (Å²) in [5.41, 5.74) is 0. The lowest BCUT2D eigenvalue weighted by molar-refractivity contribution is 0.578. The van der Waals surface area contributed by atoms with Crippen LogP contribution in [0.25, 0.3) is 0 Å². The van der Waals surface area contributed by atoms with Gasteiger partial charge in [-0.1, -0.05) is 0 Å².